The van der Waals surface area contributed by atoms with E-state index in [4.69, 9.17) is 5.11 Å². The highest BCUT2D eigenvalue weighted by atomic mass is 16.6. The first-order chi connectivity index (χ1) is 5.66. The highest BCUT2D eigenvalue weighted by molar-refractivity contribution is 5.25. The Hall–Kier alpha value is -1.43. The number of hydrogen-bond acceptors (Lipinski definition) is 4. The summed E-state index contributed by atoms with van der Waals surface area (Å²) in [6.45, 7) is 1.89. The van der Waals surface area contributed by atoms with Crippen molar-refractivity contribution in [3.63, 3.8) is 0 Å². The van der Waals surface area contributed by atoms with Crippen LogP contribution in [0.2, 0.25) is 0 Å². The summed E-state index contributed by atoms with van der Waals surface area (Å²) in [7, 11) is 0. The fraction of sp³-hybridized carbons (Fsp3) is 0.500. The lowest BCUT2D eigenvalue weighted by molar-refractivity contribution is -0.389. The third-order valence-corrected chi connectivity index (χ3v) is 1.59. The van der Waals surface area contributed by atoms with Gasteiger partial charge in [0.25, 0.3) is 0 Å². The van der Waals surface area contributed by atoms with Crippen LogP contribution in [0, 0.1) is 17.0 Å². The number of rotatable bonds is 3. The molecule has 0 saturated carbocycles. The van der Waals surface area contributed by atoms with Crippen molar-refractivity contribution in [2.24, 2.45) is 0 Å². The second kappa shape index (κ2) is 3.31. The lowest BCUT2D eigenvalue weighted by Crippen LogP contribution is -2.02. The monoisotopic (exact) mass is 171 g/mol. The van der Waals surface area contributed by atoms with E-state index in [1.54, 1.807) is 6.92 Å². The maximum atomic E-state index is 10.3. The van der Waals surface area contributed by atoms with E-state index in [-0.39, 0.29) is 12.4 Å². The van der Waals surface area contributed by atoms with E-state index in [0.29, 0.717) is 12.2 Å². The van der Waals surface area contributed by atoms with E-state index in [0.717, 1.165) is 0 Å². The molecule has 0 amide bonds. The van der Waals surface area contributed by atoms with Gasteiger partial charge in [0.05, 0.1) is 6.61 Å². The molecule has 1 N–H and O–H groups in total. The van der Waals surface area contributed by atoms with Gasteiger partial charge in [0, 0.05) is 6.54 Å². The molecule has 0 spiro atoms. The lowest BCUT2D eigenvalue weighted by atomic mass is 10.4. The van der Waals surface area contributed by atoms with Gasteiger partial charge in [-0.15, -0.1) is 0 Å². The number of aromatic nitrogens is 2. The molecule has 1 aromatic rings. The summed E-state index contributed by atoms with van der Waals surface area (Å²) in [5.41, 5.74) is 0.467. The second-order valence-corrected chi connectivity index (χ2v) is 2.33. The van der Waals surface area contributed by atoms with E-state index >= 15 is 0 Å². The molecule has 0 aliphatic carbocycles. The summed E-state index contributed by atoms with van der Waals surface area (Å²) < 4.78 is 1.54. The number of imidazole rings is 1. The zero-order valence-electron chi connectivity index (χ0n) is 6.60. The first kappa shape index (κ1) is 8.66. The molecule has 0 aliphatic heterocycles. The van der Waals surface area contributed by atoms with Gasteiger partial charge in [0.2, 0.25) is 6.33 Å². The van der Waals surface area contributed by atoms with Crippen molar-refractivity contribution in [1.29, 1.82) is 0 Å². The van der Waals surface area contributed by atoms with Crippen LogP contribution in [0.1, 0.15) is 5.69 Å². The summed E-state index contributed by atoms with van der Waals surface area (Å²) in [4.78, 5) is 13.4. The van der Waals surface area contributed by atoms with Crippen molar-refractivity contribution in [3.8, 4) is 0 Å². The summed E-state index contributed by atoms with van der Waals surface area (Å²) in [5.74, 6) is -0.150. The highest BCUT2D eigenvalue weighted by Gasteiger charge is 2.16. The molecule has 0 atom stereocenters. The first-order valence-corrected chi connectivity index (χ1v) is 3.43. The quantitative estimate of drug-likeness (QED) is 0.516. The van der Waals surface area contributed by atoms with E-state index < -0.39 is 4.92 Å². The number of nitrogens with zero attached hydrogens (tertiary/aromatic N) is 3. The van der Waals surface area contributed by atoms with Crippen LogP contribution < -0.4 is 0 Å². The van der Waals surface area contributed by atoms with Crippen molar-refractivity contribution in [2.75, 3.05) is 6.61 Å². The molecule has 0 fully saturated rings. The number of nitro groups is 1. The first-order valence-electron chi connectivity index (χ1n) is 3.43. The Morgan fingerprint density at radius 2 is 2.50 bits per heavy atom. The van der Waals surface area contributed by atoms with Gasteiger partial charge in [0.15, 0.2) is 0 Å². The van der Waals surface area contributed by atoms with E-state index in [9.17, 15) is 10.1 Å². The molecule has 0 saturated heterocycles. The Kier molecular flexibility index (Phi) is 2.39. The molecule has 66 valence electrons. The lowest BCUT2D eigenvalue weighted by Gasteiger charge is -1.98. The molecule has 0 aliphatic rings. The Labute approximate surface area is 68.6 Å². The highest BCUT2D eigenvalue weighted by Crippen LogP contribution is 2.13. The number of aliphatic hydroxyl groups excluding tert-OH is 1. The van der Waals surface area contributed by atoms with Crippen molar-refractivity contribution in [2.45, 2.75) is 13.5 Å². The van der Waals surface area contributed by atoms with Crippen LogP contribution in [0.25, 0.3) is 0 Å². The van der Waals surface area contributed by atoms with Crippen molar-refractivity contribution < 1.29 is 10.0 Å². The second-order valence-electron chi connectivity index (χ2n) is 2.33. The largest absolute Gasteiger partial charge is 0.395 e. The molecule has 0 radical (unpaired) electrons. The van der Waals surface area contributed by atoms with Crippen LogP contribution in [-0.4, -0.2) is 26.2 Å². The normalized spacial score (nSPS) is 10.2. The molecule has 0 aromatic carbocycles. The van der Waals surface area contributed by atoms with Crippen LogP contribution in [0.5, 0.6) is 0 Å². The van der Waals surface area contributed by atoms with Crippen LogP contribution in [0.3, 0.4) is 0 Å². The molecule has 6 nitrogen and oxygen atoms in total. The summed E-state index contributed by atoms with van der Waals surface area (Å²) in [6.07, 6.45) is 1.35. The molecule has 0 unspecified atom stereocenters. The summed E-state index contributed by atoms with van der Waals surface area (Å²) >= 11 is 0. The fourth-order valence-electron chi connectivity index (χ4n) is 0.945. The minimum Gasteiger partial charge on any atom is -0.395 e. The van der Waals surface area contributed by atoms with Crippen LogP contribution in [0.15, 0.2) is 6.33 Å². The van der Waals surface area contributed by atoms with Gasteiger partial charge in [-0.3, -0.25) is 0 Å². The van der Waals surface area contributed by atoms with Crippen LogP contribution in [0.4, 0.5) is 5.82 Å². The van der Waals surface area contributed by atoms with Crippen molar-refractivity contribution in [3.05, 3.63) is 22.1 Å². The molecule has 0 bridgehead atoms. The fourth-order valence-corrected chi connectivity index (χ4v) is 0.945. The smallest absolute Gasteiger partial charge is 0.384 e. The standard InChI is InChI=1S/C6H9N3O3/c1-5-6(9(11)12)7-4-8(5)2-3-10/h4,10H,2-3H2,1H3. The van der Waals surface area contributed by atoms with Gasteiger partial charge >= 0.3 is 5.82 Å². The Bertz CT molecular complexity index is 294. The van der Waals surface area contributed by atoms with Gasteiger partial charge < -0.3 is 19.8 Å². The molecule has 1 heterocycles. The number of aliphatic hydroxyl groups is 1. The Morgan fingerprint density at radius 1 is 1.83 bits per heavy atom. The predicted molar refractivity (Wildman–Crippen MR) is 40.7 cm³/mol. The molecule has 12 heavy (non-hydrogen) atoms. The van der Waals surface area contributed by atoms with E-state index in [2.05, 4.69) is 4.98 Å². The van der Waals surface area contributed by atoms with Crippen LogP contribution in [-0.2, 0) is 6.54 Å². The number of hydrogen-bond donors (Lipinski definition) is 1. The van der Waals surface area contributed by atoms with Gasteiger partial charge in [-0.25, -0.2) is 0 Å². The maximum Gasteiger partial charge on any atom is 0.384 e. The van der Waals surface area contributed by atoms with Crippen LogP contribution >= 0.6 is 0 Å². The summed E-state index contributed by atoms with van der Waals surface area (Å²) in [6, 6.07) is 0. The Balaban J connectivity index is 2.96. The predicted octanol–water partition coefficient (Wildman–Crippen LogP) is 0.0920. The minimum atomic E-state index is -0.538. The zero-order valence-corrected chi connectivity index (χ0v) is 6.60. The average molecular weight is 171 g/mol. The maximum absolute atomic E-state index is 10.3. The Morgan fingerprint density at radius 3 is 2.92 bits per heavy atom. The third kappa shape index (κ3) is 1.42. The van der Waals surface area contributed by atoms with Gasteiger partial charge in [0.1, 0.15) is 5.69 Å². The molecular weight excluding hydrogens is 162 g/mol. The van der Waals surface area contributed by atoms with Gasteiger partial charge in [-0.05, 0) is 16.8 Å². The molecule has 1 rings (SSSR count). The zero-order chi connectivity index (χ0) is 9.14. The SMILES string of the molecule is Cc1c([N+](=O)[O-])ncn1CCO. The van der Waals surface area contributed by atoms with Gasteiger partial charge in [-0.2, -0.15) is 0 Å². The average Bonchev–Trinajstić information content (AvgIpc) is 2.34. The topological polar surface area (TPSA) is 81.2 Å². The minimum absolute atomic E-state index is 0.0473. The van der Waals surface area contributed by atoms with Crippen molar-refractivity contribution in [1.82, 2.24) is 9.55 Å². The van der Waals surface area contributed by atoms with Gasteiger partial charge in [-0.1, -0.05) is 0 Å². The molecule has 1 aromatic heterocycles. The van der Waals surface area contributed by atoms with Crippen molar-refractivity contribution >= 4 is 5.82 Å². The molecular formula is C6H9N3O3. The summed E-state index contributed by atoms with van der Waals surface area (Å²) in [5, 5.41) is 18.9. The molecule has 6 heteroatoms. The van der Waals surface area contributed by atoms with E-state index in [1.165, 1.54) is 10.9 Å². The third-order valence-electron chi connectivity index (χ3n) is 1.59. The van der Waals surface area contributed by atoms with E-state index in [1.807, 2.05) is 0 Å².